The molecule has 32 heavy (non-hydrogen) atoms. The molecule has 0 bridgehead atoms. The highest BCUT2D eigenvalue weighted by Crippen LogP contribution is 2.35. The molecule has 6 aromatic rings. The lowest BCUT2D eigenvalue weighted by atomic mass is 9.97. The summed E-state index contributed by atoms with van der Waals surface area (Å²) < 4.78 is 0. The monoisotopic (exact) mass is 408 g/mol. The summed E-state index contributed by atoms with van der Waals surface area (Å²) in [5.74, 6) is 0. The molecule has 2 nitrogen and oxygen atoms in total. The van der Waals surface area contributed by atoms with Crippen LogP contribution in [0.25, 0.3) is 55.4 Å². The van der Waals surface area contributed by atoms with E-state index in [0.717, 1.165) is 44.3 Å². The van der Waals surface area contributed by atoms with Gasteiger partial charge in [0, 0.05) is 21.9 Å². The van der Waals surface area contributed by atoms with Crippen molar-refractivity contribution >= 4 is 21.8 Å². The van der Waals surface area contributed by atoms with Crippen LogP contribution >= 0.6 is 0 Å². The first-order valence-corrected chi connectivity index (χ1v) is 10.8. The lowest BCUT2D eigenvalue weighted by Gasteiger charge is -2.13. The Morgan fingerprint density at radius 1 is 0.406 bits per heavy atom. The number of nitrogens with zero attached hydrogens (tertiary/aromatic N) is 2. The Morgan fingerprint density at radius 2 is 0.938 bits per heavy atom. The molecule has 150 valence electrons. The number of hydrogen-bond donors (Lipinski definition) is 0. The van der Waals surface area contributed by atoms with Crippen molar-refractivity contribution in [1.29, 1.82) is 0 Å². The summed E-state index contributed by atoms with van der Waals surface area (Å²) in [5, 5.41) is 2.20. The van der Waals surface area contributed by atoms with Gasteiger partial charge in [0.25, 0.3) is 0 Å². The second-order valence-corrected chi connectivity index (χ2v) is 7.88. The highest BCUT2D eigenvalue weighted by atomic mass is 14.8. The number of aromatic nitrogens is 2. The molecule has 0 N–H and O–H groups in total. The zero-order valence-corrected chi connectivity index (χ0v) is 17.4. The van der Waals surface area contributed by atoms with E-state index in [1.165, 1.54) is 11.1 Å². The summed E-state index contributed by atoms with van der Waals surface area (Å²) in [6.07, 6.45) is 0. The van der Waals surface area contributed by atoms with Gasteiger partial charge in [-0.2, -0.15) is 0 Å². The van der Waals surface area contributed by atoms with Crippen LogP contribution in [0.4, 0.5) is 0 Å². The highest BCUT2D eigenvalue weighted by Gasteiger charge is 2.13. The minimum absolute atomic E-state index is 0.929. The second-order valence-electron chi connectivity index (χ2n) is 7.88. The fourth-order valence-corrected chi connectivity index (χ4v) is 4.25. The number of benzene rings is 4. The standard InChI is InChI=1S/C30H20N2/c1-4-10-21(11-5-1)26-20-28(23-14-8-3-9-15-23)32-30-25(26)18-16-24-17-19-27(31-29(24)30)22-12-6-2-7-13-22/h1-20H. The van der Waals surface area contributed by atoms with Crippen LogP contribution in [-0.4, -0.2) is 9.97 Å². The lowest BCUT2D eigenvalue weighted by molar-refractivity contribution is 1.36. The molecule has 0 radical (unpaired) electrons. The third-order valence-corrected chi connectivity index (χ3v) is 5.86. The van der Waals surface area contributed by atoms with Gasteiger partial charge in [-0.1, -0.05) is 109 Å². The maximum Gasteiger partial charge on any atom is 0.0978 e. The Labute approximate surface area is 186 Å². The molecule has 0 aliphatic heterocycles. The van der Waals surface area contributed by atoms with Gasteiger partial charge in [0.15, 0.2) is 0 Å². The Morgan fingerprint density at radius 3 is 1.59 bits per heavy atom. The van der Waals surface area contributed by atoms with E-state index in [1.807, 2.05) is 30.3 Å². The van der Waals surface area contributed by atoms with Crippen molar-refractivity contribution in [3.63, 3.8) is 0 Å². The zero-order valence-electron chi connectivity index (χ0n) is 17.4. The van der Waals surface area contributed by atoms with Gasteiger partial charge < -0.3 is 0 Å². The van der Waals surface area contributed by atoms with Gasteiger partial charge in [0.05, 0.1) is 22.4 Å². The van der Waals surface area contributed by atoms with Crippen LogP contribution < -0.4 is 0 Å². The predicted octanol–water partition coefficient (Wildman–Crippen LogP) is 7.78. The number of fused-ring (bicyclic) bond motifs is 3. The van der Waals surface area contributed by atoms with Crippen molar-refractivity contribution in [3.8, 4) is 33.6 Å². The summed E-state index contributed by atoms with van der Waals surface area (Å²) in [6, 6.07) is 41.9. The molecule has 0 unspecified atom stereocenters. The molecule has 2 heterocycles. The average Bonchev–Trinajstić information content (AvgIpc) is 2.89. The van der Waals surface area contributed by atoms with Gasteiger partial charge in [-0.3, -0.25) is 0 Å². The van der Waals surface area contributed by atoms with E-state index in [1.54, 1.807) is 0 Å². The predicted molar refractivity (Wildman–Crippen MR) is 133 cm³/mol. The van der Waals surface area contributed by atoms with Crippen LogP contribution in [-0.2, 0) is 0 Å². The molecule has 0 atom stereocenters. The van der Waals surface area contributed by atoms with Crippen molar-refractivity contribution in [2.75, 3.05) is 0 Å². The van der Waals surface area contributed by atoms with E-state index in [-0.39, 0.29) is 0 Å². The molecular formula is C30H20N2. The van der Waals surface area contributed by atoms with E-state index in [2.05, 4.69) is 91.0 Å². The van der Waals surface area contributed by atoms with Gasteiger partial charge >= 0.3 is 0 Å². The van der Waals surface area contributed by atoms with Crippen LogP contribution in [0.1, 0.15) is 0 Å². The fourth-order valence-electron chi connectivity index (χ4n) is 4.25. The maximum absolute atomic E-state index is 5.13. The smallest absolute Gasteiger partial charge is 0.0978 e. The third kappa shape index (κ3) is 3.23. The van der Waals surface area contributed by atoms with Gasteiger partial charge in [-0.15, -0.1) is 0 Å². The number of hydrogen-bond acceptors (Lipinski definition) is 2. The van der Waals surface area contributed by atoms with Crippen LogP contribution in [0.15, 0.2) is 121 Å². The molecule has 2 heteroatoms. The topological polar surface area (TPSA) is 25.8 Å². The molecule has 0 fully saturated rings. The molecule has 2 aromatic heterocycles. The van der Waals surface area contributed by atoms with Crippen molar-refractivity contribution in [2.45, 2.75) is 0 Å². The van der Waals surface area contributed by atoms with Gasteiger partial charge in [0.2, 0.25) is 0 Å². The quantitative estimate of drug-likeness (QED) is 0.279. The first-order chi connectivity index (χ1) is 15.9. The van der Waals surface area contributed by atoms with Crippen LogP contribution in [0.2, 0.25) is 0 Å². The van der Waals surface area contributed by atoms with E-state index in [0.29, 0.717) is 0 Å². The molecule has 6 rings (SSSR count). The largest absolute Gasteiger partial charge is 0.245 e. The summed E-state index contributed by atoms with van der Waals surface area (Å²) in [4.78, 5) is 10.2. The summed E-state index contributed by atoms with van der Waals surface area (Å²) in [5.41, 5.74) is 8.32. The van der Waals surface area contributed by atoms with E-state index < -0.39 is 0 Å². The summed E-state index contributed by atoms with van der Waals surface area (Å²) in [6.45, 7) is 0. The zero-order chi connectivity index (χ0) is 21.3. The Kier molecular flexibility index (Phi) is 4.47. The SMILES string of the molecule is c1ccc(-c2ccc3ccc4c(-c5ccccc5)cc(-c5ccccc5)nc4c3n2)cc1. The molecule has 0 aliphatic rings. The lowest BCUT2D eigenvalue weighted by Crippen LogP contribution is -1.93. The van der Waals surface area contributed by atoms with Crippen molar-refractivity contribution < 1.29 is 0 Å². The van der Waals surface area contributed by atoms with E-state index in [4.69, 9.17) is 9.97 Å². The van der Waals surface area contributed by atoms with Gasteiger partial charge in [-0.25, -0.2) is 9.97 Å². The van der Waals surface area contributed by atoms with Crippen LogP contribution in [0.5, 0.6) is 0 Å². The Bertz CT molecular complexity index is 1540. The summed E-state index contributed by atoms with van der Waals surface area (Å²) >= 11 is 0. The van der Waals surface area contributed by atoms with E-state index >= 15 is 0 Å². The highest BCUT2D eigenvalue weighted by molar-refractivity contribution is 6.09. The van der Waals surface area contributed by atoms with Crippen LogP contribution in [0, 0.1) is 0 Å². The fraction of sp³-hybridized carbons (Fsp3) is 0. The molecule has 0 amide bonds. The molecule has 4 aromatic carbocycles. The minimum Gasteiger partial charge on any atom is -0.245 e. The molecule has 0 spiro atoms. The Balaban J connectivity index is 1.69. The Hall–Kier alpha value is -4.30. The van der Waals surface area contributed by atoms with Crippen molar-refractivity contribution in [1.82, 2.24) is 9.97 Å². The number of pyridine rings is 2. The average molecular weight is 409 g/mol. The van der Waals surface area contributed by atoms with Crippen LogP contribution in [0.3, 0.4) is 0 Å². The van der Waals surface area contributed by atoms with E-state index in [9.17, 15) is 0 Å². The van der Waals surface area contributed by atoms with Crippen molar-refractivity contribution in [3.05, 3.63) is 121 Å². The number of rotatable bonds is 3. The summed E-state index contributed by atoms with van der Waals surface area (Å²) in [7, 11) is 0. The third-order valence-electron chi connectivity index (χ3n) is 5.86. The van der Waals surface area contributed by atoms with Gasteiger partial charge in [-0.05, 0) is 23.3 Å². The molecule has 0 saturated carbocycles. The molecule has 0 aliphatic carbocycles. The second kappa shape index (κ2) is 7.75. The molecule has 0 saturated heterocycles. The maximum atomic E-state index is 5.13. The molecular weight excluding hydrogens is 388 g/mol. The van der Waals surface area contributed by atoms with Gasteiger partial charge in [0.1, 0.15) is 0 Å². The normalized spacial score (nSPS) is 11.1. The first-order valence-electron chi connectivity index (χ1n) is 10.8. The minimum atomic E-state index is 0.929. The first kappa shape index (κ1) is 18.5. The van der Waals surface area contributed by atoms with Crippen molar-refractivity contribution in [2.24, 2.45) is 0 Å².